The number of hydrogen-bond donors (Lipinski definition) is 0. The number of hydrogen-bond acceptors (Lipinski definition) is 4. The molecule has 0 aromatic heterocycles. The van der Waals surface area contributed by atoms with Crippen LogP contribution in [0.2, 0.25) is 0 Å². The molecule has 0 spiro atoms. The van der Waals surface area contributed by atoms with Gasteiger partial charge in [0.1, 0.15) is 6.17 Å². The van der Waals surface area contributed by atoms with Crippen LogP contribution >= 0.6 is 0 Å². The molecular weight excluding hydrogens is 331 g/mol. The van der Waals surface area contributed by atoms with Gasteiger partial charge < -0.3 is 0 Å². The first-order chi connectivity index (χ1) is 9.87. The minimum atomic E-state index is -3.22. The van der Waals surface area contributed by atoms with Crippen LogP contribution in [0.3, 0.4) is 0 Å². The van der Waals surface area contributed by atoms with Crippen molar-refractivity contribution in [3.63, 3.8) is 0 Å². The summed E-state index contributed by atoms with van der Waals surface area (Å²) in [5, 5.41) is -0.750. The van der Waals surface area contributed by atoms with E-state index in [9.17, 15) is 21.2 Å². The molecule has 22 heavy (non-hydrogen) atoms. The lowest BCUT2D eigenvalue weighted by Crippen LogP contribution is -2.34. The highest BCUT2D eigenvalue weighted by Crippen LogP contribution is 2.18. The molecule has 1 fully saturated rings. The third kappa shape index (κ3) is 5.75. The van der Waals surface area contributed by atoms with Gasteiger partial charge in [-0.25, -0.2) is 25.5 Å². The Hall–Kier alpha value is -0.250. The summed E-state index contributed by atoms with van der Waals surface area (Å²) in [7, 11) is -4.62. The van der Waals surface area contributed by atoms with Crippen LogP contribution in [0.15, 0.2) is 0 Å². The molecule has 0 aromatic rings. The molecule has 0 bridgehead atoms. The van der Waals surface area contributed by atoms with E-state index in [2.05, 4.69) is 0 Å². The molecule has 0 amide bonds. The summed E-state index contributed by atoms with van der Waals surface area (Å²) < 4.78 is 60.5. The topological polar surface area (TPSA) is 74.8 Å². The summed E-state index contributed by atoms with van der Waals surface area (Å²) in [5.74, 6) is 0. The fourth-order valence-corrected chi connectivity index (χ4v) is 4.16. The zero-order chi connectivity index (χ0) is 17.7. The lowest BCUT2D eigenvalue weighted by Gasteiger charge is -2.17. The van der Waals surface area contributed by atoms with Gasteiger partial charge >= 0.3 is 0 Å². The van der Waals surface area contributed by atoms with Crippen LogP contribution in [0.25, 0.3) is 0 Å². The molecule has 0 aliphatic carbocycles. The largest absolute Gasteiger partial charge is 0.246 e. The van der Waals surface area contributed by atoms with Crippen molar-refractivity contribution in [2.24, 2.45) is 0 Å². The monoisotopic (exact) mass is 360 g/mol. The SMILES string of the molecule is CC(C)S(=O)(=O)N1CC[C@@H](F)C1.CCN(C)S(=O)(=O)C(C)C. The van der Waals surface area contributed by atoms with E-state index in [0.29, 0.717) is 19.5 Å². The molecule has 0 aromatic carbocycles. The van der Waals surface area contributed by atoms with Crippen LogP contribution < -0.4 is 0 Å². The van der Waals surface area contributed by atoms with E-state index in [-0.39, 0.29) is 11.8 Å². The lowest BCUT2D eigenvalue weighted by molar-refractivity contribution is 0.342. The zero-order valence-electron chi connectivity index (χ0n) is 14.3. The summed E-state index contributed by atoms with van der Waals surface area (Å²) in [6, 6.07) is 0. The quantitative estimate of drug-likeness (QED) is 0.744. The normalized spacial score (nSPS) is 20.5. The summed E-state index contributed by atoms with van der Waals surface area (Å²) in [6.07, 6.45) is -0.634. The van der Waals surface area contributed by atoms with Gasteiger partial charge in [-0.15, -0.1) is 0 Å². The standard InChI is InChI=1S/C7H14FNO2S.C6H15NO2S/c1-6(2)12(10,11)9-4-3-7(8)5-9;1-5-7(4)10(8,9)6(2)3/h6-7H,3-5H2,1-2H3;6H,5H2,1-4H3/t7-;/m1./s1. The fraction of sp³-hybridized carbons (Fsp3) is 1.00. The summed E-state index contributed by atoms with van der Waals surface area (Å²) in [4.78, 5) is 0. The Labute approximate surface area is 134 Å². The molecule has 1 rings (SSSR count). The number of sulfonamides is 2. The Kier molecular flexibility index (Phi) is 8.46. The molecule has 134 valence electrons. The molecule has 1 saturated heterocycles. The van der Waals surface area contributed by atoms with Crippen molar-refractivity contribution in [3.8, 4) is 0 Å². The van der Waals surface area contributed by atoms with Crippen molar-refractivity contribution >= 4 is 20.0 Å². The molecule has 1 aliphatic heterocycles. The van der Waals surface area contributed by atoms with E-state index in [0.717, 1.165) is 0 Å². The lowest BCUT2D eigenvalue weighted by atomic mass is 10.4. The van der Waals surface area contributed by atoms with Crippen molar-refractivity contribution in [2.75, 3.05) is 26.7 Å². The van der Waals surface area contributed by atoms with E-state index in [4.69, 9.17) is 0 Å². The minimum absolute atomic E-state index is 0.0422. The van der Waals surface area contributed by atoms with E-state index < -0.39 is 31.5 Å². The van der Waals surface area contributed by atoms with Gasteiger partial charge in [-0.1, -0.05) is 6.92 Å². The highest BCUT2D eigenvalue weighted by atomic mass is 32.2. The predicted molar refractivity (Wildman–Crippen MR) is 87.5 cm³/mol. The maximum Gasteiger partial charge on any atom is 0.216 e. The first kappa shape index (κ1) is 21.8. The molecule has 0 unspecified atom stereocenters. The third-order valence-electron chi connectivity index (χ3n) is 3.52. The number of halogens is 1. The van der Waals surface area contributed by atoms with Gasteiger partial charge in [0.2, 0.25) is 20.0 Å². The van der Waals surface area contributed by atoms with E-state index in [1.165, 1.54) is 8.61 Å². The second-order valence-electron chi connectivity index (χ2n) is 5.85. The highest BCUT2D eigenvalue weighted by molar-refractivity contribution is 7.89. The summed E-state index contributed by atoms with van der Waals surface area (Å²) >= 11 is 0. The van der Waals surface area contributed by atoms with Crippen molar-refractivity contribution in [1.82, 2.24) is 8.61 Å². The van der Waals surface area contributed by atoms with Crippen LogP contribution in [0, 0.1) is 0 Å². The van der Waals surface area contributed by atoms with Gasteiger partial charge in [0.05, 0.1) is 10.5 Å². The van der Waals surface area contributed by atoms with Gasteiger partial charge in [0.25, 0.3) is 0 Å². The Morgan fingerprint density at radius 1 is 1.14 bits per heavy atom. The Balaban J connectivity index is 0.000000409. The number of nitrogens with zero attached hydrogens (tertiary/aromatic N) is 2. The van der Waals surface area contributed by atoms with Gasteiger partial charge in [0, 0.05) is 26.7 Å². The summed E-state index contributed by atoms with van der Waals surface area (Å²) in [6.45, 7) is 9.33. The molecule has 0 saturated carbocycles. The molecule has 1 atom stereocenters. The highest BCUT2D eigenvalue weighted by Gasteiger charge is 2.32. The Morgan fingerprint density at radius 2 is 1.64 bits per heavy atom. The maximum atomic E-state index is 12.7. The van der Waals surface area contributed by atoms with Crippen LogP contribution in [0.1, 0.15) is 41.0 Å². The fourth-order valence-electron chi connectivity index (χ4n) is 1.76. The van der Waals surface area contributed by atoms with E-state index in [1.54, 1.807) is 34.7 Å². The zero-order valence-corrected chi connectivity index (χ0v) is 15.9. The molecule has 0 radical (unpaired) electrons. The first-order valence-corrected chi connectivity index (χ1v) is 10.5. The first-order valence-electron chi connectivity index (χ1n) is 7.45. The molecule has 6 nitrogen and oxygen atoms in total. The van der Waals surface area contributed by atoms with Gasteiger partial charge in [-0.05, 0) is 34.1 Å². The van der Waals surface area contributed by atoms with Gasteiger partial charge in [0.15, 0.2) is 0 Å². The second kappa shape index (κ2) is 8.56. The van der Waals surface area contributed by atoms with Crippen LogP contribution in [-0.4, -0.2) is 68.8 Å². The minimum Gasteiger partial charge on any atom is -0.246 e. The van der Waals surface area contributed by atoms with Crippen molar-refractivity contribution in [1.29, 1.82) is 0 Å². The molecule has 1 heterocycles. The molecule has 1 aliphatic rings. The smallest absolute Gasteiger partial charge is 0.216 e. The number of alkyl halides is 1. The average Bonchev–Trinajstić information content (AvgIpc) is 2.85. The van der Waals surface area contributed by atoms with Crippen molar-refractivity contribution < 1.29 is 21.2 Å². The van der Waals surface area contributed by atoms with Crippen molar-refractivity contribution in [2.45, 2.75) is 57.7 Å². The molecule has 0 N–H and O–H groups in total. The Bertz CT molecular complexity index is 532. The van der Waals surface area contributed by atoms with Gasteiger partial charge in [-0.3, -0.25) is 0 Å². The molecule has 9 heteroatoms. The molecular formula is C13H29FN2O4S2. The second-order valence-corrected chi connectivity index (χ2v) is 10.9. The number of rotatable bonds is 5. The summed E-state index contributed by atoms with van der Waals surface area (Å²) in [5.41, 5.74) is 0. The van der Waals surface area contributed by atoms with E-state index in [1.807, 2.05) is 6.92 Å². The predicted octanol–water partition coefficient (Wildman–Crippen LogP) is 1.44. The third-order valence-corrected chi connectivity index (χ3v) is 8.09. The van der Waals surface area contributed by atoms with Crippen LogP contribution in [-0.2, 0) is 20.0 Å². The van der Waals surface area contributed by atoms with Gasteiger partial charge in [-0.2, -0.15) is 4.31 Å². The average molecular weight is 361 g/mol. The van der Waals surface area contributed by atoms with Crippen LogP contribution in [0.5, 0.6) is 0 Å². The van der Waals surface area contributed by atoms with Crippen molar-refractivity contribution in [3.05, 3.63) is 0 Å². The Morgan fingerprint density at radius 3 is 1.86 bits per heavy atom. The maximum absolute atomic E-state index is 12.7. The van der Waals surface area contributed by atoms with Crippen LogP contribution in [0.4, 0.5) is 4.39 Å². The van der Waals surface area contributed by atoms with E-state index >= 15 is 0 Å².